The molecule has 0 radical (unpaired) electrons. The van der Waals surface area contributed by atoms with E-state index in [0.29, 0.717) is 19.5 Å². The summed E-state index contributed by atoms with van der Waals surface area (Å²) in [6, 6.07) is 3.64. The van der Waals surface area contributed by atoms with Crippen LogP contribution in [0.5, 0.6) is 0 Å². The summed E-state index contributed by atoms with van der Waals surface area (Å²) in [5.41, 5.74) is 0.941. The number of carbonyl (C=O) groups is 2. The van der Waals surface area contributed by atoms with Gasteiger partial charge in [-0.2, -0.15) is 0 Å². The Morgan fingerprint density at radius 2 is 2.11 bits per heavy atom. The van der Waals surface area contributed by atoms with Crippen LogP contribution < -0.4 is 0 Å². The maximum Gasteiger partial charge on any atom is 0.303 e. The van der Waals surface area contributed by atoms with Crippen molar-refractivity contribution >= 4 is 11.9 Å². The van der Waals surface area contributed by atoms with E-state index in [-0.39, 0.29) is 18.2 Å². The molecule has 0 aliphatic carbocycles. The number of carboxylic acids is 1. The average molecular weight is 248 g/mol. The van der Waals surface area contributed by atoms with E-state index in [9.17, 15) is 9.59 Å². The molecule has 5 nitrogen and oxygen atoms in total. The zero-order valence-corrected chi connectivity index (χ0v) is 10.1. The Kier molecular flexibility index (Phi) is 3.92. The first-order valence-electron chi connectivity index (χ1n) is 6.03. The number of hydrogen-bond acceptors (Lipinski definition) is 3. The summed E-state index contributed by atoms with van der Waals surface area (Å²) in [6.07, 6.45) is 4.63. The molecule has 1 amide bonds. The van der Waals surface area contributed by atoms with Crippen LogP contribution in [-0.2, 0) is 16.0 Å². The first-order valence-corrected chi connectivity index (χ1v) is 6.03. The highest BCUT2D eigenvalue weighted by atomic mass is 16.4. The molecule has 1 aliphatic rings. The first-order chi connectivity index (χ1) is 8.65. The highest BCUT2D eigenvalue weighted by Crippen LogP contribution is 2.20. The minimum Gasteiger partial charge on any atom is -0.481 e. The molecule has 0 saturated carbocycles. The molecule has 18 heavy (non-hydrogen) atoms. The van der Waals surface area contributed by atoms with Gasteiger partial charge in [0.15, 0.2) is 0 Å². The van der Waals surface area contributed by atoms with Crippen molar-refractivity contribution in [3.05, 3.63) is 30.1 Å². The number of amides is 1. The molecule has 1 atom stereocenters. The molecule has 1 N–H and O–H groups in total. The third-order valence-corrected chi connectivity index (χ3v) is 3.21. The lowest BCUT2D eigenvalue weighted by molar-refractivity contribution is -0.138. The summed E-state index contributed by atoms with van der Waals surface area (Å²) in [5, 5.41) is 8.72. The molecule has 96 valence electrons. The van der Waals surface area contributed by atoms with Gasteiger partial charge < -0.3 is 10.0 Å². The molecule has 0 aromatic carbocycles. The Labute approximate surface area is 105 Å². The van der Waals surface area contributed by atoms with Gasteiger partial charge in [-0.05, 0) is 30.0 Å². The molecule has 1 saturated heterocycles. The van der Waals surface area contributed by atoms with Crippen molar-refractivity contribution in [1.82, 2.24) is 9.88 Å². The molecule has 1 aromatic heterocycles. The van der Waals surface area contributed by atoms with E-state index in [1.54, 1.807) is 17.3 Å². The second-order valence-electron chi connectivity index (χ2n) is 4.62. The van der Waals surface area contributed by atoms with E-state index in [4.69, 9.17) is 5.11 Å². The lowest BCUT2D eigenvalue weighted by Gasteiger charge is -2.16. The molecule has 1 aliphatic heterocycles. The number of pyridine rings is 1. The van der Waals surface area contributed by atoms with Gasteiger partial charge in [-0.1, -0.05) is 0 Å². The molecule has 1 aromatic rings. The number of carboxylic acid groups (broad SMARTS) is 1. The van der Waals surface area contributed by atoms with Crippen molar-refractivity contribution in [3.63, 3.8) is 0 Å². The van der Waals surface area contributed by atoms with Crippen LogP contribution in [0.1, 0.15) is 18.4 Å². The van der Waals surface area contributed by atoms with Crippen LogP contribution in [0.15, 0.2) is 24.5 Å². The standard InChI is InChI=1S/C13H16N2O3/c16-12(7-10-1-4-14-5-2-10)15-6-3-11(9-15)8-13(17)18/h1-2,4-5,11H,3,6-9H2,(H,17,18). The lowest BCUT2D eigenvalue weighted by Crippen LogP contribution is -2.30. The Morgan fingerprint density at radius 3 is 2.78 bits per heavy atom. The van der Waals surface area contributed by atoms with Gasteiger partial charge in [-0.15, -0.1) is 0 Å². The Morgan fingerprint density at radius 1 is 1.39 bits per heavy atom. The van der Waals surface area contributed by atoms with Crippen LogP contribution >= 0.6 is 0 Å². The second-order valence-corrected chi connectivity index (χ2v) is 4.62. The van der Waals surface area contributed by atoms with Gasteiger partial charge in [0.2, 0.25) is 5.91 Å². The monoisotopic (exact) mass is 248 g/mol. The zero-order valence-electron chi connectivity index (χ0n) is 10.1. The number of nitrogens with zero attached hydrogens (tertiary/aromatic N) is 2. The quantitative estimate of drug-likeness (QED) is 0.861. The van der Waals surface area contributed by atoms with E-state index in [0.717, 1.165) is 12.0 Å². The average Bonchev–Trinajstić information content (AvgIpc) is 2.78. The third-order valence-electron chi connectivity index (χ3n) is 3.21. The van der Waals surface area contributed by atoms with E-state index in [1.807, 2.05) is 12.1 Å². The first kappa shape index (κ1) is 12.5. The zero-order chi connectivity index (χ0) is 13.0. The van der Waals surface area contributed by atoms with Crippen molar-refractivity contribution in [2.24, 2.45) is 5.92 Å². The Bertz CT molecular complexity index is 433. The van der Waals surface area contributed by atoms with E-state index in [2.05, 4.69) is 4.98 Å². The second kappa shape index (κ2) is 5.62. The third kappa shape index (κ3) is 3.29. The van der Waals surface area contributed by atoms with Gasteiger partial charge in [0, 0.05) is 31.9 Å². The SMILES string of the molecule is O=C(O)CC1CCN(C(=O)Cc2ccncc2)C1. The van der Waals surface area contributed by atoms with Crippen molar-refractivity contribution in [2.75, 3.05) is 13.1 Å². The minimum atomic E-state index is -0.788. The predicted octanol–water partition coefficient (Wildman–Crippen LogP) is 0.947. The Balaban J connectivity index is 1.86. The normalized spacial score (nSPS) is 18.9. The van der Waals surface area contributed by atoms with Crippen LogP contribution in [0, 0.1) is 5.92 Å². The number of rotatable bonds is 4. The molecule has 2 heterocycles. The summed E-state index contributed by atoms with van der Waals surface area (Å²) >= 11 is 0. The van der Waals surface area contributed by atoms with Crippen LogP contribution in [0.2, 0.25) is 0 Å². The van der Waals surface area contributed by atoms with E-state index < -0.39 is 5.97 Å². The van der Waals surface area contributed by atoms with Crippen molar-refractivity contribution < 1.29 is 14.7 Å². The maximum absolute atomic E-state index is 12.0. The summed E-state index contributed by atoms with van der Waals surface area (Å²) in [7, 11) is 0. The number of aliphatic carboxylic acids is 1. The molecule has 5 heteroatoms. The predicted molar refractivity (Wildman–Crippen MR) is 64.9 cm³/mol. The van der Waals surface area contributed by atoms with E-state index in [1.165, 1.54) is 0 Å². The van der Waals surface area contributed by atoms with E-state index >= 15 is 0 Å². The summed E-state index contributed by atoms with van der Waals surface area (Å²) < 4.78 is 0. The molecular weight excluding hydrogens is 232 g/mol. The molecule has 1 unspecified atom stereocenters. The summed E-state index contributed by atoms with van der Waals surface area (Å²) in [4.78, 5) is 28.3. The van der Waals surface area contributed by atoms with Gasteiger partial charge in [-0.25, -0.2) is 0 Å². The van der Waals surface area contributed by atoms with Crippen molar-refractivity contribution in [1.29, 1.82) is 0 Å². The number of carbonyl (C=O) groups excluding carboxylic acids is 1. The molecular formula is C13H16N2O3. The molecule has 1 fully saturated rings. The smallest absolute Gasteiger partial charge is 0.303 e. The van der Waals surface area contributed by atoms with Gasteiger partial charge in [-0.3, -0.25) is 14.6 Å². The van der Waals surface area contributed by atoms with Crippen LogP contribution in [0.4, 0.5) is 0 Å². The fraction of sp³-hybridized carbons (Fsp3) is 0.462. The number of hydrogen-bond donors (Lipinski definition) is 1. The topological polar surface area (TPSA) is 70.5 Å². The highest BCUT2D eigenvalue weighted by Gasteiger charge is 2.27. The lowest BCUT2D eigenvalue weighted by atomic mass is 10.1. The summed E-state index contributed by atoms with van der Waals surface area (Å²) in [6.45, 7) is 1.23. The van der Waals surface area contributed by atoms with Gasteiger partial charge in [0.1, 0.15) is 0 Å². The number of likely N-dealkylation sites (tertiary alicyclic amines) is 1. The minimum absolute atomic E-state index is 0.0640. The van der Waals surface area contributed by atoms with Gasteiger partial charge in [0.25, 0.3) is 0 Å². The van der Waals surface area contributed by atoms with Gasteiger partial charge >= 0.3 is 5.97 Å². The summed E-state index contributed by atoms with van der Waals surface area (Å²) in [5.74, 6) is -0.624. The molecule has 0 bridgehead atoms. The highest BCUT2D eigenvalue weighted by molar-refractivity contribution is 5.79. The largest absolute Gasteiger partial charge is 0.481 e. The van der Waals surface area contributed by atoms with Gasteiger partial charge in [0.05, 0.1) is 6.42 Å². The molecule has 0 spiro atoms. The van der Waals surface area contributed by atoms with Crippen LogP contribution in [0.3, 0.4) is 0 Å². The molecule has 2 rings (SSSR count). The maximum atomic E-state index is 12.0. The fourth-order valence-electron chi connectivity index (χ4n) is 2.26. The number of aromatic nitrogens is 1. The van der Waals surface area contributed by atoms with Crippen molar-refractivity contribution in [3.8, 4) is 0 Å². The fourth-order valence-corrected chi connectivity index (χ4v) is 2.26. The van der Waals surface area contributed by atoms with Crippen molar-refractivity contribution in [2.45, 2.75) is 19.3 Å². The van der Waals surface area contributed by atoms with Crippen LogP contribution in [0.25, 0.3) is 0 Å². The Hall–Kier alpha value is -1.91. The van der Waals surface area contributed by atoms with Crippen LogP contribution in [-0.4, -0.2) is 40.0 Å².